The molecule has 0 fully saturated rings. The first-order chi connectivity index (χ1) is 16.6. The maximum absolute atomic E-state index is 12.0. The van der Waals surface area contributed by atoms with Crippen molar-refractivity contribution in [1.82, 2.24) is 15.0 Å². The predicted molar refractivity (Wildman–Crippen MR) is 137 cm³/mol. The smallest absolute Gasteiger partial charge is 0.247 e. The number of halogens is 1. The van der Waals surface area contributed by atoms with Crippen molar-refractivity contribution in [2.45, 2.75) is 6.54 Å². The molecule has 0 saturated heterocycles. The van der Waals surface area contributed by atoms with E-state index < -0.39 is 10.0 Å². The molecule has 35 heavy (non-hydrogen) atoms. The van der Waals surface area contributed by atoms with Gasteiger partial charge in [0.15, 0.2) is 5.82 Å². The van der Waals surface area contributed by atoms with Crippen molar-refractivity contribution in [3.63, 3.8) is 0 Å². The van der Waals surface area contributed by atoms with E-state index in [0.717, 1.165) is 10.6 Å². The van der Waals surface area contributed by atoms with Crippen LogP contribution in [-0.4, -0.2) is 49.7 Å². The zero-order valence-electron chi connectivity index (χ0n) is 19.2. The minimum absolute atomic E-state index is 0.200. The molecule has 3 rings (SSSR count). The van der Waals surface area contributed by atoms with Gasteiger partial charge in [-0.1, -0.05) is 24.2 Å². The van der Waals surface area contributed by atoms with E-state index in [1.165, 1.54) is 32.6 Å². The van der Waals surface area contributed by atoms with Crippen molar-refractivity contribution < 1.29 is 17.9 Å². The summed E-state index contributed by atoms with van der Waals surface area (Å²) >= 11 is 6.28. The molecule has 0 aliphatic carbocycles. The SMILES string of the molecule is C=CC(=O)Nc1ccc(OC)c(Nc2ncc(Cl)c(NCc3cccnc3N(C)S(C)(=O)=O)n2)c1. The zero-order valence-corrected chi connectivity index (χ0v) is 20.8. The van der Waals surface area contributed by atoms with Gasteiger partial charge in [0.25, 0.3) is 0 Å². The van der Waals surface area contributed by atoms with Crippen molar-refractivity contribution in [2.75, 3.05) is 40.7 Å². The van der Waals surface area contributed by atoms with Crippen molar-refractivity contribution >= 4 is 56.5 Å². The zero-order chi connectivity index (χ0) is 25.6. The Labute approximate surface area is 208 Å². The lowest BCUT2D eigenvalue weighted by atomic mass is 10.2. The molecule has 11 nitrogen and oxygen atoms in total. The number of sulfonamides is 1. The molecule has 3 N–H and O–H groups in total. The molecule has 1 aromatic carbocycles. The average Bonchev–Trinajstić information content (AvgIpc) is 2.83. The number of methoxy groups -OCH3 is 1. The van der Waals surface area contributed by atoms with E-state index >= 15 is 0 Å². The summed E-state index contributed by atoms with van der Waals surface area (Å²) in [5.74, 6) is 0.956. The third kappa shape index (κ3) is 6.58. The molecule has 0 aliphatic rings. The van der Waals surface area contributed by atoms with Gasteiger partial charge in [-0.05, 0) is 30.3 Å². The molecule has 184 valence electrons. The Morgan fingerprint density at radius 3 is 2.74 bits per heavy atom. The second-order valence-corrected chi connectivity index (χ2v) is 9.61. The number of nitrogens with zero attached hydrogens (tertiary/aromatic N) is 4. The van der Waals surface area contributed by atoms with Crippen molar-refractivity contribution in [3.05, 3.63) is 66.0 Å². The number of carbonyl (C=O) groups is 1. The van der Waals surface area contributed by atoms with Gasteiger partial charge in [-0.3, -0.25) is 9.10 Å². The van der Waals surface area contributed by atoms with E-state index in [4.69, 9.17) is 16.3 Å². The predicted octanol–water partition coefficient (Wildman–Crippen LogP) is 3.41. The summed E-state index contributed by atoms with van der Waals surface area (Å²) in [6.07, 6.45) is 5.20. The Hall–Kier alpha value is -3.90. The molecule has 0 atom stereocenters. The summed E-state index contributed by atoms with van der Waals surface area (Å²) in [7, 11) is -0.551. The second kappa shape index (κ2) is 11.0. The molecular formula is C22H24ClN7O4S. The van der Waals surface area contributed by atoms with Gasteiger partial charge >= 0.3 is 0 Å². The third-order valence-corrected chi connectivity index (χ3v) is 6.20. The molecule has 0 aliphatic heterocycles. The Kier molecular flexibility index (Phi) is 8.10. The Morgan fingerprint density at radius 2 is 2.06 bits per heavy atom. The molecule has 0 radical (unpaired) electrons. The molecule has 2 aromatic heterocycles. The molecule has 13 heteroatoms. The topological polar surface area (TPSA) is 138 Å². The lowest BCUT2D eigenvalue weighted by Crippen LogP contribution is -2.27. The maximum atomic E-state index is 12.0. The number of amides is 1. The molecule has 3 aromatic rings. The summed E-state index contributed by atoms with van der Waals surface area (Å²) in [4.78, 5) is 24.4. The number of rotatable bonds is 10. The molecular weight excluding hydrogens is 494 g/mol. The number of carbonyl (C=O) groups excluding carboxylic acids is 1. The lowest BCUT2D eigenvalue weighted by molar-refractivity contribution is -0.111. The van der Waals surface area contributed by atoms with Gasteiger partial charge in [0, 0.05) is 31.0 Å². The summed E-state index contributed by atoms with van der Waals surface area (Å²) < 4.78 is 30.4. The van der Waals surface area contributed by atoms with Crippen LogP contribution in [0.25, 0.3) is 0 Å². The minimum atomic E-state index is -3.49. The van der Waals surface area contributed by atoms with Gasteiger partial charge in [0.1, 0.15) is 16.6 Å². The van der Waals surface area contributed by atoms with E-state index in [9.17, 15) is 13.2 Å². The monoisotopic (exact) mass is 517 g/mol. The first-order valence-corrected chi connectivity index (χ1v) is 12.4. The van der Waals surface area contributed by atoms with Crippen LogP contribution in [-0.2, 0) is 21.4 Å². The minimum Gasteiger partial charge on any atom is -0.495 e. The summed E-state index contributed by atoms with van der Waals surface area (Å²) in [6.45, 7) is 3.64. The first-order valence-electron chi connectivity index (χ1n) is 10.1. The molecule has 0 saturated carbocycles. The molecule has 0 spiro atoms. The van der Waals surface area contributed by atoms with Crippen LogP contribution in [0.3, 0.4) is 0 Å². The van der Waals surface area contributed by atoms with Crippen LogP contribution in [0.4, 0.5) is 29.0 Å². The van der Waals surface area contributed by atoms with E-state index in [1.54, 1.807) is 30.3 Å². The van der Waals surface area contributed by atoms with Gasteiger partial charge < -0.3 is 20.7 Å². The van der Waals surface area contributed by atoms with Crippen molar-refractivity contribution in [2.24, 2.45) is 0 Å². The number of pyridine rings is 1. The highest BCUT2D eigenvalue weighted by atomic mass is 35.5. The normalized spacial score (nSPS) is 10.9. The average molecular weight is 518 g/mol. The standard InChI is InChI=1S/C22H24ClN7O4S/c1-5-19(31)27-15-8-9-18(34-3)17(11-15)28-22-26-13-16(23)20(29-22)25-12-14-7-6-10-24-21(14)30(2)35(4,32)33/h5-11,13H,1,12H2,2-4H3,(H,27,31)(H2,25,26,28,29). The number of hydrogen-bond donors (Lipinski definition) is 3. The lowest BCUT2D eigenvalue weighted by Gasteiger charge is -2.19. The highest BCUT2D eigenvalue weighted by molar-refractivity contribution is 7.92. The highest BCUT2D eigenvalue weighted by Gasteiger charge is 2.17. The van der Waals surface area contributed by atoms with E-state index in [0.29, 0.717) is 28.5 Å². The van der Waals surface area contributed by atoms with Gasteiger partial charge in [0.05, 0.1) is 25.2 Å². The number of anilines is 5. The Bertz CT molecular complexity index is 1350. The first kappa shape index (κ1) is 25.7. The highest BCUT2D eigenvalue weighted by Crippen LogP contribution is 2.31. The van der Waals surface area contributed by atoms with Crippen molar-refractivity contribution in [1.29, 1.82) is 0 Å². The number of nitrogens with one attached hydrogen (secondary N) is 3. The van der Waals surface area contributed by atoms with Gasteiger partial charge in [-0.25, -0.2) is 18.4 Å². The van der Waals surface area contributed by atoms with Crippen LogP contribution in [0, 0.1) is 0 Å². The van der Waals surface area contributed by atoms with Crippen LogP contribution in [0.15, 0.2) is 55.4 Å². The summed E-state index contributed by atoms with van der Waals surface area (Å²) in [5, 5.41) is 9.07. The summed E-state index contributed by atoms with van der Waals surface area (Å²) in [5.41, 5.74) is 1.65. The van der Waals surface area contributed by atoms with E-state index in [2.05, 4.69) is 37.5 Å². The molecule has 2 heterocycles. The number of ether oxygens (including phenoxy) is 1. The van der Waals surface area contributed by atoms with Crippen LogP contribution in [0.5, 0.6) is 5.75 Å². The van der Waals surface area contributed by atoms with Crippen LogP contribution < -0.4 is 25.0 Å². The van der Waals surface area contributed by atoms with Crippen LogP contribution >= 0.6 is 11.6 Å². The molecule has 0 unspecified atom stereocenters. The molecule has 0 bridgehead atoms. The fourth-order valence-electron chi connectivity index (χ4n) is 2.94. The second-order valence-electron chi connectivity index (χ2n) is 7.19. The van der Waals surface area contributed by atoms with Crippen molar-refractivity contribution in [3.8, 4) is 5.75 Å². The Balaban J connectivity index is 1.83. The van der Waals surface area contributed by atoms with E-state index in [-0.39, 0.29) is 29.2 Å². The quantitative estimate of drug-likeness (QED) is 0.345. The largest absolute Gasteiger partial charge is 0.495 e. The van der Waals surface area contributed by atoms with Gasteiger partial charge in [-0.15, -0.1) is 0 Å². The number of hydrogen-bond acceptors (Lipinski definition) is 9. The molecule has 1 amide bonds. The Morgan fingerprint density at radius 1 is 1.29 bits per heavy atom. The van der Waals surface area contributed by atoms with Gasteiger partial charge in [0.2, 0.25) is 21.9 Å². The van der Waals surface area contributed by atoms with Crippen LogP contribution in [0.1, 0.15) is 5.56 Å². The third-order valence-electron chi connectivity index (χ3n) is 4.75. The van der Waals surface area contributed by atoms with E-state index in [1.807, 2.05) is 0 Å². The van der Waals surface area contributed by atoms with Gasteiger partial charge in [-0.2, -0.15) is 4.98 Å². The fourth-order valence-corrected chi connectivity index (χ4v) is 3.57. The van der Waals surface area contributed by atoms with Crippen LogP contribution in [0.2, 0.25) is 5.02 Å². The maximum Gasteiger partial charge on any atom is 0.247 e. The fraction of sp³-hybridized carbons (Fsp3) is 0.182. The summed E-state index contributed by atoms with van der Waals surface area (Å²) in [6, 6.07) is 8.47. The number of benzene rings is 1. The number of aromatic nitrogens is 3.